The summed E-state index contributed by atoms with van der Waals surface area (Å²) in [7, 11) is -6.09. The molecule has 8 heteroatoms. The summed E-state index contributed by atoms with van der Waals surface area (Å²) in [6.45, 7) is 6.43. The van der Waals surface area contributed by atoms with Gasteiger partial charge in [-0.1, -0.05) is 18.2 Å². The lowest BCUT2D eigenvalue weighted by molar-refractivity contribution is -0.609. The lowest BCUT2D eigenvalue weighted by atomic mass is 10.2. The fraction of sp³-hybridized carbons (Fsp3) is 0.267. The van der Waals surface area contributed by atoms with Crippen molar-refractivity contribution in [3.05, 3.63) is 59.4 Å². The molecule has 2 rings (SSSR count). The molecule has 0 spiro atoms. The number of pyridine rings is 1. The van der Waals surface area contributed by atoms with E-state index in [-0.39, 0.29) is 0 Å². The predicted octanol–water partition coefficient (Wildman–Crippen LogP) is 2.94. The molecule has 0 aliphatic heterocycles. The molecule has 1 aromatic heterocycles. The molecule has 0 unspecified atom stereocenters. The summed E-state index contributed by atoms with van der Waals surface area (Å²) < 4.78 is 61.2. The molecule has 0 saturated heterocycles. The van der Waals surface area contributed by atoms with Crippen LogP contribution in [-0.4, -0.2) is 18.5 Å². The Labute approximate surface area is 133 Å². The van der Waals surface area contributed by atoms with Crippen molar-refractivity contribution in [2.75, 3.05) is 0 Å². The molecular formula is C15H16F3NO3S. The number of benzene rings is 1. The monoisotopic (exact) mass is 347 g/mol. The van der Waals surface area contributed by atoms with Crippen LogP contribution in [0.3, 0.4) is 0 Å². The van der Waals surface area contributed by atoms with Crippen LogP contribution in [0.2, 0.25) is 0 Å². The second-order valence-electron chi connectivity index (χ2n) is 4.89. The fourth-order valence-corrected chi connectivity index (χ4v) is 2.09. The molecule has 0 bridgehead atoms. The summed E-state index contributed by atoms with van der Waals surface area (Å²) in [6.07, 6.45) is 0. The summed E-state index contributed by atoms with van der Waals surface area (Å²) in [4.78, 5) is 0. The molecule has 0 radical (unpaired) electrons. The zero-order chi connectivity index (χ0) is 17.8. The Hall–Kier alpha value is -1.93. The normalized spacial score (nSPS) is 11.6. The van der Waals surface area contributed by atoms with E-state index in [0.29, 0.717) is 0 Å². The Bertz CT molecular complexity index is 749. The maximum Gasteiger partial charge on any atom is 0.485 e. The first-order valence-corrected chi connectivity index (χ1v) is 7.92. The number of nitrogens with zero attached hydrogens (tertiary/aromatic N) is 1. The first kappa shape index (κ1) is 19.1. The van der Waals surface area contributed by atoms with E-state index in [1.165, 1.54) is 22.6 Å². The topological polar surface area (TPSA) is 61.1 Å². The zero-order valence-electron chi connectivity index (χ0n) is 12.8. The Balaban J connectivity index is 0.000000284. The van der Waals surface area contributed by atoms with Crippen LogP contribution >= 0.6 is 0 Å². The highest BCUT2D eigenvalue weighted by Gasteiger charge is 2.36. The number of rotatable bonds is 1. The molecule has 0 amide bonds. The number of para-hydroxylation sites is 1. The van der Waals surface area contributed by atoms with Crippen molar-refractivity contribution in [3.8, 4) is 5.69 Å². The molecule has 0 N–H and O–H groups in total. The minimum atomic E-state index is -6.09. The predicted molar refractivity (Wildman–Crippen MR) is 77.9 cm³/mol. The number of aryl methyl sites for hydroxylation is 3. The van der Waals surface area contributed by atoms with Crippen molar-refractivity contribution < 1.29 is 30.7 Å². The molecule has 1 aromatic carbocycles. The van der Waals surface area contributed by atoms with Crippen LogP contribution in [0.4, 0.5) is 13.2 Å². The lowest BCUT2D eigenvalue weighted by Crippen LogP contribution is -2.37. The van der Waals surface area contributed by atoms with E-state index in [2.05, 4.69) is 61.7 Å². The number of aromatic nitrogens is 1. The molecule has 2 aromatic rings. The third-order valence-corrected chi connectivity index (χ3v) is 3.44. The third-order valence-electron chi connectivity index (χ3n) is 2.88. The molecular weight excluding hydrogens is 331 g/mol. The Morgan fingerprint density at radius 2 is 1.35 bits per heavy atom. The van der Waals surface area contributed by atoms with Crippen LogP contribution in [-0.2, 0) is 10.1 Å². The van der Waals surface area contributed by atoms with Gasteiger partial charge in [-0.25, -0.2) is 8.42 Å². The van der Waals surface area contributed by atoms with Gasteiger partial charge in [-0.3, -0.25) is 0 Å². The first-order chi connectivity index (χ1) is 10.4. The SMILES string of the molecule is Cc1cc(C)[n+](-c2ccccc2)c(C)c1.O=S(=O)([O-])C(F)(F)F. The molecule has 0 atom stereocenters. The van der Waals surface area contributed by atoms with Crippen molar-refractivity contribution in [1.29, 1.82) is 0 Å². The van der Waals surface area contributed by atoms with E-state index in [4.69, 9.17) is 13.0 Å². The largest absolute Gasteiger partial charge is 0.741 e. The average Bonchev–Trinajstić information content (AvgIpc) is 2.37. The summed E-state index contributed by atoms with van der Waals surface area (Å²) in [5.41, 5.74) is -0.547. The summed E-state index contributed by atoms with van der Waals surface area (Å²) in [5, 5.41) is 0. The Morgan fingerprint density at radius 1 is 0.957 bits per heavy atom. The van der Waals surface area contributed by atoms with Crippen LogP contribution in [0.5, 0.6) is 0 Å². The molecule has 1 heterocycles. The van der Waals surface area contributed by atoms with Crippen LogP contribution in [0.15, 0.2) is 42.5 Å². The molecule has 4 nitrogen and oxygen atoms in total. The number of alkyl halides is 3. The van der Waals surface area contributed by atoms with Crippen molar-refractivity contribution in [2.45, 2.75) is 26.3 Å². The van der Waals surface area contributed by atoms with Gasteiger partial charge in [0.25, 0.3) is 0 Å². The maximum absolute atomic E-state index is 10.7. The minimum absolute atomic E-state index is 1.23. The first-order valence-electron chi connectivity index (χ1n) is 6.51. The van der Waals surface area contributed by atoms with Crippen LogP contribution in [0.1, 0.15) is 17.0 Å². The lowest BCUT2D eigenvalue weighted by Gasteiger charge is -2.08. The Morgan fingerprint density at radius 3 is 1.70 bits per heavy atom. The van der Waals surface area contributed by atoms with Crippen LogP contribution in [0.25, 0.3) is 5.69 Å². The molecule has 126 valence electrons. The summed E-state index contributed by atoms with van der Waals surface area (Å²) >= 11 is 0. The van der Waals surface area contributed by atoms with Crippen molar-refractivity contribution in [3.63, 3.8) is 0 Å². The Kier molecular flexibility index (Phi) is 5.90. The third kappa shape index (κ3) is 5.33. The molecule has 0 fully saturated rings. The second kappa shape index (κ2) is 7.10. The zero-order valence-corrected chi connectivity index (χ0v) is 13.6. The van der Waals surface area contributed by atoms with Gasteiger partial charge in [0.15, 0.2) is 21.5 Å². The summed E-state index contributed by atoms with van der Waals surface area (Å²) in [5.74, 6) is 0. The number of hydrogen-bond donors (Lipinski definition) is 0. The smallest absolute Gasteiger partial charge is 0.485 e. The molecule has 0 saturated carbocycles. The van der Waals surface area contributed by atoms with Gasteiger partial charge in [-0.05, 0) is 12.5 Å². The summed E-state index contributed by atoms with van der Waals surface area (Å²) in [6, 6.07) is 14.9. The van der Waals surface area contributed by atoms with Gasteiger partial charge in [0.1, 0.15) is 0 Å². The van der Waals surface area contributed by atoms with Crippen LogP contribution in [0, 0.1) is 20.8 Å². The number of halogens is 3. The van der Waals surface area contributed by atoms with Gasteiger partial charge in [0.05, 0.1) is 0 Å². The van der Waals surface area contributed by atoms with Crippen molar-refractivity contribution in [2.24, 2.45) is 0 Å². The fourth-order valence-electron chi connectivity index (χ4n) is 2.09. The van der Waals surface area contributed by atoms with Gasteiger partial charge in [-0.15, -0.1) is 0 Å². The quantitative estimate of drug-likeness (QED) is 0.453. The van der Waals surface area contributed by atoms with E-state index in [1.54, 1.807) is 0 Å². The van der Waals surface area contributed by atoms with E-state index in [9.17, 15) is 13.2 Å². The van der Waals surface area contributed by atoms with Crippen molar-refractivity contribution >= 4 is 10.1 Å². The van der Waals surface area contributed by atoms with E-state index in [1.807, 2.05) is 6.07 Å². The van der Waals surface area contributed by atoms with Crippen molar-refractivity contribution in [1.82, 2.24) is 0 Å². The molecule has 23 heavy (non-hydrogen) atoms. The minimum Gasteiger partial charge on any atom is -0.741 e. The average molecular weight is 347 g/mol. The van der Waals surface area contributed by atoms with E-state index < -0.39 is 15.6 Å². The van der Waals surface area contributed by atoms with E-state index >= 15 is 0 Å². The highest BCUT2D eigenvalue weighted by Crippen LogP contribution is 2.20. The van der Waals surface area contributed by atoms with Gasteiger partial charge < -0.3 is 4.55 Å². The van der Waals surface area contributed by atoms with Crippen LogP contribution < -0.4 is 4.57 Å². The number of hydrogen-bond acceptors (Lipinski definition) is 3. The highest BCUT2D eigenvalue weighted by atomic mass is 32.2. The van der Waals surface area contributed by atoms with Gasteiger partial charge >= 0.3 is 5.51 Å². The molecule has 0 aliphatic rings. The maximum atomic E-state index is 10.7. The second-order valence-corrected chi connectivity index (χ2v) is 6.26. The highest BCUT2D eigenvalue weighted by molar-refractivity contribution is 7.86. The van der Waals surface area contributed by atoms with Gasteiger partial charge in [0.2, 0.25) is 5.69 Å². The van der Waals surface area contributed by atoms with Gasteiger partial charge in [0, 0.05) is 38.1 Å². The molecule has 0 aliphatic carbocycles. The standard InChI is InChI=1S/C14H16N.CHF3O3S/c1-11-9-12(2)15(13(3)10-11)14-7-5-4-6-8-14;2-1(3,4)8(5,6)7/h4-10H,1-3H3;(H,5,6,7)/q+1;/p-1. The van der Waals surface area contributed by atoms with E-state index in [0.717, 1.165) is 0 Å². The van der Waals surface area contributed by atoms with Gasteiger partial charge in [-0.2, -0.15) is 17.7 Å².